The minimum atomic E-state index is -4.12. The molecule has 0 aliphatic heterocycles. The summed E-state index contributed by atoms with van der Waals surface area (Å²) in [6.45, 7) is 3.81. The summed E-state index contributed by atoms with van der Waals surface area (Å²) in [7, 11) is -2.49. The van der Waals surface area contributed by atoms with Gasteiger partial charge in [0.25, 0.3) is 19.1 Å². The molecule has 5 nitrogen and oxygen atoms in total. The molecule has 1 heterocycles. The molecule has 132 valence electrons. The van der Waals surface area contributed by atoms with Crippen LogP contribution in [0.3, 0.4) is 0 Å². The van der Waals surface area contributed by atoms with E-state index in [-0.39, 0.29) is 21.2 Å². The summed E-state index contributed by atoms with van der Waals surface area (Å²) in [5, 5.41) is 0.340. The van der Waals surface area contributed by atoms with Crippen molar-refractivity contribution in [2.45, 2.75) is 29.6 Å². The second-order valence-corrected chi connectivity index (χ2v) is 10.3. The van der Waals surface area contributed by atoms with E-state index >= 15 is 0 Å². The van der Waals surface area contributed by atoms with Crippen LogP contribution in [0, 0.1) is 0 Å². The zero-order valence-corrected chi connectivity index (χ0v) is 15.9. The largest absolute Gasteiger partial charge is 0.268 e. The lowest BCUT2D eigenvalue weighted by Crippen LogP contribution is -2.11. The smallest absolute Gasteiger partial charge is 0.240 e. The highest BCUT2D eigenvalue weighted by Gasteiger charge is 2.27. The van der Waals surface area contributed by atoms with Crippen LogP contribution < -0.4 is 0 Å². The van der Waals surface area contributed by atoms with Gasteiger partial charge in [-0.1, -0.05) is 44.2 Å². The summed E-state index contributed by atoms with van der Waals surface area (Å²) in [5.74, 6) is -0.00357. The Kier molecular flexibility index (Phi) is 4.43. The SMILES string of the molecule is CC(C)c1cccc2c1c(S(=O)(=O)Cl)cn2S(=O)(=O)c1ccccc1. The monoisotopic (exact) mass is 397 g/mol. The molecule has 3 rings (SSSR count). The van der Waals surface area contributed by atoms with Crippen molar-refractivity contribution in [1.82, 2.24) is 3.97 Å². The number of rotatable bonds is 4. The van der Waals surface area contributed by atoms with E-state index < -0.39 is 19.1 Å². The van der Waals surface area contributed by atoms with E-state index in [1.165, 1.54) is 12.1 Å². The molecule has 0 saturated carbocycles. The highest BCUT2D eigenvalue weighted by atomic mass is 35.7. The van der Waals surface area contributed by atoms with E-state index in [0.717, 1.165) is 15.7 Å². The first-order valence-corrected chi connectivity index (χ1v) is 11.3. The van der Waals surface area contributed by atoms with Crippen molar-refractivity contribution in [3.8, 4) is 0 Å². The Hall–Kier alpha value is -1.83. The van der Waals surface area contributed by atoms with Gasteiger partial charge in [0.15, 0.2) is 0 Å². The fraction of sp³-hybridized carbons (Fsp3) is 0.176. The molecule has 8 heteroatoms. The summed E-state index contributed by atoms with van der Waals surface area (Å²) in [6.07, 6.45) is 1.08. The Balaban J connectivity index is 2.45. The zero-order valence-electron chi connectivity index (χ0n) is 13.5. The molecule has 0 amide bonds. The lowest BCUT2D eigenvalue weighted by Gasteiger charge is -2.10. The summed E-state index contributed by atoms with van der Waals surface area (Å²) >= 11 is 0. The van der Waals surface area contributed by atoms with E-state index in [2.05, 4.69) is 0 Å². The van der Waals surface area contributed by atoms with Gasteiger partial charge < -0.3 is 0 Å². The molecule has 0 fully saturated rings. The Morgan fingerprint density at radius 3 is 2.12 bits per heavy atom. The first-order chi connectivity index (χ1) is 11.6. The van der Waals surface area contributed by atoms with Crippen LogP contribution in [-0.4, -0.2) is 20.8 Å². The van der Waals surface area contributed by atoms with Crippen LogP contribution in [0.25, 0.3) is 10.9 Å². The van der Waals surface area contributed by atoms with Gasteiger partial charge in [-0.15, -0.1) is 0 Å². The number of hydrogen-bond acceptors (Lipinski definition) is 4. The quantitative estimate of drug-likeness (QED) is 0.625. The molecule has 0 N–H and O–H groups in total. The molecule has 0 aliphatic rings. The lowest BCUT2D eigenvalue weighted by molar-refractivity contribution is 0.589. The zero-order chi connectivity index (χ0) is 18.4. The van der Waals surface area contributed by atoms with E-state index in [1.54, 1.807) is 36.4 Å². The van der Waals surface area contributed by atoms with Crippen molar-refractivity contribution >= 4 is 40.7 Å². The third kappa shape index (κ3) is 3.07. The van der Waals surface area contributed by atoms with Gasteiger partial charge in [-0.05, 0) is 29.7 Å². The van der Waals surface area contributed by atoms with Gasteiger partial charge in [-0.25, -0.2) is 20.8 Å². The maximum absolute atomic E-state index is 13.0. The molecule has 0 radical (unpaired) electrons. The standard InChI is InChI=1S/C17H16ClNO4S2/c1-12(2)14-9-6-10-15-17(14)16(24(18,20)21)11-19(15)25(22,23)13-7-4-3-5-8-13/h3-12H,1-2H3. The Morgan fingerprint density at radius 2 is 1.56 bits per heavy atom. The van der Waals surface area contributed by atoms with E-state index in [1.807, 2.05) is 13.8 Å². The van der Waals surface area contributed by atoms with Crippen LogP contribution in [0.5, 0.6) is 0 Å². The Bertz CT molecular complexity index is 1150. The van der Waals surface area contributed by atoms with Crippen molar-refractivity contribution in [2.75, 3.05) is 0 Å². The van der Waals surface area contributed by atoms with Crippen molar-refractivity contribution in [3.63, 3.8) is 0 Å². The lowest BCUT2D eigenvalue weighted by atomic mass is 9.99. The molecule has 2 aromatic carbocycles. The number of fused-ring (bicyclic) bond motifs is 1. The maximum atomic E-state index is 13.0. The third-order valence-electron chi connectivity index (χ3n) is 3.98. The minimum Gasteiger partial charge on any atom is -0.240 e. The number of halogens is 1. The molecular formula is C17H16ClNO4S2. The fourth-order valence-corrected chi connectivity index (χ4v) is 5.32. The molecule has 0 atom stereocenters. The van der Waals surface area contributed by atoms with Gasteiger partial charge in [0, 0.05) is 22.3 Å². The summed E-state index contributed by atoms with van der Waals surface area (Å²) in [4.78, 5) is -0.131. The normalized spacial score (nSPS) is 12.8. The first-order valence-electron chi connectivity index (χ1n) is 7.53. The Labute approximate surface area is 151 Å². The van der Waals surface area contributed by atoms with Gasteiger partial charge in [0.1, 0.15) is 4.90 Å². The van der Waals surface area contributed by atoms with E-state index in [9.17, 15) is 16.8 Å². The minimum absolute atomic E-state index is 0.00357. The maximum Gasteiger partial charge on any atom is 0.268 e. The van der Waals surface area contributed by atoms with Gasteiger partial charge in [-0.2, -0.15) is 0 Å². The topological polar surface area (TPSA) is 73.2 Å². The highest BCUT2D eigenvalue weighted by molar-refractivity contribution is 8.14. The van der Waals surface area contributed by atoms with Crippen molar-refractivity contribution in [2.24, 2.45) is 0 Å². The van der Waals surface area contributed by atoms with E-state index in [4.69, 9.17) is 10.7 Å². The molecule has 25 heavy (non-hydrogen) atoms. The van der Waals surface area contributed by atoms with Crippen molar-refractivity contribution < 1.29 is 16.8 Å². The van der Waals surface area contributed by atoms with Crippen LogP contribution in [0.2, 0.25) is 0 Å². The summed E-state index contributed by atoms with van der Waals surface area (Å²) in [5.41, 5.74) is 1.01. The summed E-state index contributed by atoms with van der Waals surface area (Å²) in [6, 6.07) is 12.9. The average Bonchev–Trinajstić information content (AvgIpc) is 2.96. The third-order valence-corrected chi connectivity index (χ3v) is 7.00. The van der Waals surface area contributed by atoms with Gasteiger partial charge in [-0.3, -0.25) is 0 Å². The molecule has 0 unspecified atom stereocenters. The highest BCUT2D eigenvalue weighted by Crippen LogP contribution is 2.35. The van der Waals surface area contributed by atoms with Crippen LogP contribution in [0.1, 0.15) is 25.3 Å². The second-order valence-electron chi connectivity index (χ2n) is 5.94. The van der Waals surface area contributed by atoms with Crippen LogP contribution in [0.4, 0.5) is 0 Å². The molecule has 3 aromatic rings. The van der Waals surface area contributed by atoms with Gasteiger partial charge in [0.05, 0.1) is 10.4 Å². The number of aromatic nitrogens is 1. The van der Waals surface area contributed by atoms with Gasteiger partial charge in [0.2, 0.25) is 0 Å². The molecular weight excluding hydrogens is 382 g/mol. The van der Waals surface area contributed by atoms with Crippen LogP contribution in [-0.2, 0) is 19.1 Å². The predicted octanol–water partition coefficient (Wildman–Crippen LogP) is 3.93. The summed E-state index contributed by atoms with van der Waals surface area (Å²) < 4.78 is 51.1. The first kappa shape index (κ1) is 18.0. The molecule has 1 aromatic heterocycles. The number of hydrogen-bond donors (Lipinski definition) is 0. The average molecular weight is 398 g/mol. The van der Waals surface area contributed by atoms with Crippen LogP contribution >= 0.6 is 10.7 Å². The Morgan fingerprint density at radius 1 is 0.920 bits per heavy atom. The van der Waals surface area contributed by atoms with Crippen LogP contribution in [0.15, 0.2) is 64.5 Å². The fourth-order valence-electron chi connectivity index (χ4n) is 2.82. The molecule has 0 spiro atoms. The number of benzene rings is 2. The van der Waals surface area contributed by atoms with Crippen molar-refractivity contribution in [3.05, 3.63) is 60.3 Å². The molecule has 0 bridgehead atoms. The molecule has 0 aliphatic carbocycles. The van der Waals surface area contributed by atoms with Gasteiger partial charge >= 0.3 is 0 Å². The second kappa shape index (κ2) is 6.16. The van der Waals surface area contributed by atoms with Crippen molar-refractivity contribution in [1.29, 1.82) is 0 Å². The number of nitrogens with zero attached hydrogens (tertiary/aromatic N) is 1. The predicted molar refractivity (Wildman–Crippen MR) is 98.1 cm³/mol. The van der Waals surface area contributed by atoms with E-state index in [0.29, 0.717) is 5.39 Å². The molecule has 0 saturated heterocycles.